The number of carbonyl (C=O) groups excluding carboxylic acids is 2. The van der Waals surface area contributed by atoms with E-state index >= 15 is 0 Å². The Hall–Kier alpha value is -1.56. The highest BCUT2D eigenvalue weighted by Crippen LogP contribution is 2.34. The van der Waals surface area contributed by atoms with Crippen molar-refractivity contribution in [2.24, 2.45) is 0 Å². The second kappa shape index (κ2) is 11.9. The van der Waals surface area contributed by atoms with Crippen LogP contribution in [-0.4, -0.2) is 31.7 Å². The maximum absolute atomic E-state index is 12.3. The summed E-state index contributed by atoms with van der Waals surface area (Å²) in [5.74, 6) is -0.777. The highest BCUT2D eigenvalue weighted by molar-refractivity contribution is 7.18. The van der Waals surface area contributed by atoms with Gasteiger partial charge in [0.25, 0.3) is 0 Å². The molecule has 0 aromatic carbocycles. The molecule has 142 valence electrons. The molecule has 0 amide bonds. The van der Waals surface area contributed by atoms with E-state index in [0.717, 1.165) is 19.4 Å². The summed E-state index contributed by atoms with van der Waals surface area (Å²) in [5.41, 5.74) is 1.09. The monoisotopic (exact) mass is 369 g/mol. The van der Waals surface area contributed by atoms with Crippen LogP contribution in [0.15, 0.2) is 0 Å². The van der Waals surface area contributed by atoms with Crippen LogP contribution in [0, 0.1) is 6.92 Å². The molecular weight excluding hydrogens is 338 g/mol. The van der Waals surface area contributed by atoms with E-state index < -0.39 is 5.97 Å². The molecule has 25 heavy (non-hydrogen) atoms. The number of carbonyl (C=O) groups is 2. The molecule has 0 aliphatic heterocycles. The van der Waals surface area contributed by atoms with Gasteiger partial charge >= 0.3 is 11.9 Å². The first-order chi connectivity index (χ1) is 12.1. The number of hydrogen-bond donors (Lipinski definition) is 1. The second-order valence-electron chi connectivity index (χ2n) is 5.90. The van der Waals surface area contributed by atoms with Crippen LogP contribution < -0.4 is 5.32 Å². The van der Waals surface area contributed by atoms with Crippen LogP contribution in [0.1, 0.15) is 84.9 Å². The van der Waals surface area contributed by atoms with Crippen molar-refractivity contribution >= 4 is 28.3 Å². The van der Waals surface area contributed by atoms with Crippen molar-refractivity contribution in [3.05, 3.63) is 16.0 Å². The summed E-state index contributed by atoms with van der Waals surface area (Å²) in [6.45, 7) is 8.91. The van der Waals surface area contributed by atoms with Crippen LogP contribution in [0.5, 0.6) is 0 Å². The Kier molecular flexibility index (Phi) is 10.2. The number of thiophene rings is 1. The van der Waals surface area contributed by atoms with Gasteiger partial charge in [-0.2, -0.15) is 0 Å². The third-order valence-electron chi connectivity index (χ3n) is 3.90. The zero-order valence-electron chi connectivity index (χ0n) is 15.9. The SMILES string of the molecule is CCCCCCCCNc1sc(C(=O)OCC)c(C)c1C(=O)OCC. The molecule has 1 aromatic rings. The van der Waals surface area contributed by atoms with Crippen molar-refractivity contribution < 1.29 is 19.1 Å². The fourth-order valence-electron chi connectivity index (χ4n) is 2.59. The van der Waals surface area contributed by atoms with E-state index in [-0.39, 0.29) is 5.97 Å². The van der Waals surface area contributed by atoms with Crippen LogP contribution in [0.25, 0.3) is 0 Å². The number of ether oxygens (including phenoxy) is 2. The van der Waals surface area contributed by atoms with Crippen LogP contribution in [0.4, 0.5) is 5.00 Å². The minimum Gasteiger partial charge on any atom is -0.462 e. The van der Waals surface area contributed by atoms with E-state index in [2.05, 4.69) is 12.2 Å². The fraction of sp³-hybridized carbons (Fsp3) is 0.684. The normalized spacial score (nSPS) is 10.6. The summed E-state index contributed by atoms with van der Waals surface area (Å²) in [6.07, 6.45) is 7.24. The fourth-order valence-corrected chi connectivity index (χ4v) is 3.70. The molecule has 0 unspecified atom stereocenters. The first-order valence-electron chi connectivity index (χ1n) is 9.28. The maximum Gasteiger partial charge on any atom is 0.348 e. The quantitative estimate of drug-likeness (QED) is 0.406. The Morgan fingerprint density at radius 2 is 1.52 bits per heavy atom. The average molecular weight is 370 g/mol. The molecule has 0 radical (unpaired) electrons. The summed E-state index contributed by atoms with van der Waals surface area (Å²) in [5, 5.41) is 4.01. The minimum absolute atomic E-state index is 0.305. The van der Waals surface area contributed by atoms with Crippen LogP contribution >= 0.6 is 11.3 Å². The van der Waals surface area contributed by atoms with Crippen LogP contribution in [-0.2, 0) is 9.47 Å². The lowest BCUT2D eigenvalue weighted by molar-refractivity contribution is 0.0527. The third kappa shape index (κ3) is 6.69. The molecule has 0 fully saturated rings. The highest BCUT2D eigenvalue weighted by Gasteiger charge is 2.26. The number of unbranched alkanes of at least 4 members (excludes halogenated alkanes) is 5. The van der Waals surface area contributed by atoms with Gasteiger partial charge in [0, 0.05) is 6.54 Å². The molecule has 0 spiro atoms. The molecule has 0 aliphatic carbocycles. The van der Waals surface area contributed by atoms with E-state index in [1.165, 1.54) is 37.0 Å². The van der Waals surface area contributed by atoms with Gasteiger partial charge in [-0.1, -0.05) is 39.0 Å². The zero-order valence-corrected chi connectivity index (χ0v) is 16.7. The zero-order chi connectivity index (χ0) is 18.7. The van der Waals surface area contributed by atoms with Gasteiger partial charge in [0.05, 0.1) is 18.8 Å². The molecule has 0 bridgehead atoms. The Bertz CT molecular complexity index is 554. The number of hydrogen-bond acceptors (Lipinski definition) is 6. The Morgan fingerprint density at radius 3 is 2.16 bits per heavy atom. The van der Waals surface area contributed by atoms with E-state index in [9.17, 15) is 9.59 Å². The molecule has 1 aromatic heterocycles. The average Bonchev–Trinajstić information content (AvgIpc) is 2.91. The number of rotatable bonds is 12. The van der Waals surface area contributed by atoms with Gasteiger partial charge < -0.3 is 14.8 Å². The Balaban J connectivity index is 2.76. The van der Waals surface area contributed by atoms with Crippen molar-refractivity contribution in [2.75, 3.05) is 25.1 Å². The highest BCUT2D eigenvalue weighted by atomic mass is 32.1. The molecule has 0 saturated carbocycles. The lowest BCUT2D eigenvalue weighted by Crippen LogP contribution is -2.10. The van der Waals surface area contributed by atoms with Crippen molar-refractivity contribution in [2.45, 2.75) is 66.2 Å². The molecule has 1 rings (SSSR count). The first kappa shape index (κ1) is 21.5. The topological polar surface area (TPSA) is 64.6 Å². The Labute approximate surface area is 155 Å². The molecule has 0 saturated heterocycles. The predicted octanol–water partition coefficient (Wildman–Crippen LogP) is 5.18. The predicted molar refractivity (Wildman–Crippen MR) is 103 cm³/mol. The van der Waals surface area contributed by atoms with Crippen LogP contribution in [0.2, 0.25) is 0 Å². The Morgan fingerprint density at radius 1 is 0.920 bits per heavy atom. The smallest absolute Gasteiger partial charge is 0.348 e. The largest absolute Gasteiger partial charge is 0.462 e. The second-order valence-corrected chi connectivity index (χ2v) is 6.92. The lowest BCUT2D eigenvalue weighted by atomic mass is 10.1. The number of anilines is 1. The maximum atomic E-state index is 12.3. The first-order valence-corrected chi connectivity index (χ1v) is 10.1. The third-order valence-corrected chi connectivity index (χ3v) is 5.13. The summed E-state index contributed by atoms with van der Waals surface area (Å²) in [4.78, 5) is 24.8. The number of nitrogens with one attached hydrogen (secondary N) is 1. The molecule has 1 heterocycles. The van der Waals surface area contributed by atoms with Crippen molar-refractivity contribution in [1.82, 2.24) is 0 Å². The van der Waals surface area contributed by atoms with Crippen LogP contribution in [0.3, 0.4) is 0 Å². The molecule has 0 atom stereocenters. The summed E-state index contributed by atoms with van der Waals surface area (Å²) < 4.78 is 10.2. The van der Waals surface area contributed by atoms with E-state index in [0.29, 0.717) is 34.2 Å². The van der Waals surface area contributed by atoms with Gasteiger partial charge in [0.2, 0.25) is 0 Å². The molecule has 5 nitrogen and oxygen atoms in total. The molecule has 1 N–H and O–H groups in total. The van der Waals surface area contributed by atoms with Gasteiger partial charge in [0.1, 0.15) is 9.88 Å². The van der Waals surface area contributed by atoms with E-state index in [1.54, 1.807) is 20.8 Å². The lowest BCUT2D eigenvalue weighted by Gasteiger charge is -2.08. The van der Waals surface area contributed by atoms with E-state index in [4.69, 9.17) is 9.47 Å². The van der Waals surface area contributed by atoms with E-state index in [1.807, 2.05) is 0 Å². The van der Waals surface area contributed by atoms with Crippen molar-refractivity contribution in [3.63, 3.8) is 0 Å². The van der Waals surface area contributed by atoms with Gasteiger partial charge in [-0.25, -0.2) is 9.59 Å². The van der Waals surface area contributed by atoms with Gasteiger partial charge in [-0.3, -0.25) is 0 Å². The van der Waals surface area contributed by atoms with Gasteiger partial charge in [-0.15, -0.1) is 11.3 Å². The number of esters is 2. The molecular formula is C19H31NO4S. The summed E-state index contributed by atoms with van der Waals surface area (Å²) in [6, 6.07) is 0. The summed E-state index contributed by atoms with van der Waals surface area (Å²) in [7, 11) is 0. The molecule has 6 heteroatoms. The van der Waals surface area contributed by atoms with Crippen molar-refractivity contribution in [1.29, 1.82) is 0 Å². The molecule has 0 aliphatic rings. The van der Waals surface area contributed by atoms with Gasteiger partial charge in [-0.05, 0) is 32.8 Å². The standard InChI is InChI=1S/C19H31NO4S/c1-5-8-9-10-11-12-13-20-17-15(18(21)23-6-2)14(4)16(25-17)19(22)24-7-3/h20H,5-13H2,1-4H3. The minimum atomic E-state index is -0.391. The van der Waals surface area contributed by atoms with Crippen molar-refractivity contribution in [3.8, 4) is 0 Å². The summed E-state index contributed by atoms with van der Waals surface area (Å²) >= 11 is 1.27. The van der Waals surface area contributed by atoms with Gasteiger partial charge in [0.15, 0.2) is 0 Å².